The predicted molar refractivity (Wildman–Crippen MR) is 128 cm³/mol. The number of aryl methyl sites for hydroxylation is 2. The maximum atomic E-state index is 9.46. The number of phenolic OH excluding ortho intramolecular Hbond substituents is 4. The van der Waals surface area contributed by atoms with E-state index in [1.165, 1.54) is 0 Å². The van der Waals surface area contributed by atoms with Crippen LogP contribution in [0.15, 0.2) is 84.9 Å². The van der Waals surface area contributed by atoms with Crippen LogP contribution in [0.3, 0.4) is 0 Å². The smallest absolute Gasteiger partial charge is 0.118 e. The Balaban J connectivity index is 0.000000182. The number of hydrogen-bond donors (Lipinski definition) is 4. The van der Waals surface area contributed by atoms with Crippen LogP contribution in [0.5, 0.6) is 23.0 Å². The Morgan fingerprint density at radius 2 is 0.750 bits per heavy atom. The van der Waals surface area contributed by atoms with Crippen LogP contribution in [0.1, 0.15) is 33.4 Å². The van der Waals surface area contributed by atoms with Gasteiger partial charge in [-0.1, -0.05) is 48.5 Å². The molecule has 0 aromatic heterocycles. The fraction of sp³-hybridized carbons (Fsp3) is 0.143. The highest BCUT2D eigenvalue weighted by Gasteiger charge is 2.02. The summed E-state index contributed by atoms with van der Waals surface area (Å²) < 4.78 is 0. The van der Waals surface area contributed by atoms with Crippen molar-refractivity contribution < 1.29 is 20.4 Å². The van der Waals surface area contributed by atoms with Gasteiger partial charge in [-0.05, 0) is 96.5 Å². The molecule has 164 valence electrons. The van der Waals surface area contributed by atoms with Crippen LogP contribution in [-0.2, 0) is 12.8 Å². The van der Waals surface area contributed by atoms with Crippen LogP contribution in [0.4, 0.5) is 0 Å². The lowest BCUT2D eigenvalue weighted by atomic mass is 10.0. The standard InChI is InChI=1S/C15H16O2.C13H12O2/c1-10-7-12(3-5-14(10)16)9-13-4-6-15(17)11(2)8-13;14-12-5-1-10(2-6-12)9-11-3-7-13(15)8-4-11/h3-8,16-17H,9H2,1-2H3;1-8,14-15H,9H2. The van der Waals surface area contributed by atoms with E-state index in [2.05, 4.69) is 0 Å². The Kier molecular flexibility index (Phi) is 7.40. The van der Waals surface area contributed by atoms with E-state index in [4.69, 9.17) is 10.2 Å². The number of benzene rings is 4. The van der Waals surface area contributed by atoms with Gasteiger partial charge in [0.2, 0.25) is 0 Å². The Hall–Kier alpha value is -3.92. The van der Waals surface area contributed by atoms with Crippen molar-refractivity contribution in [3.63, 3.8) is 0 Å². The van der Waals surface area contributed by atoms with E-state index in [9.17, 15) is 10.2 Å². The molecule has 0 spiro atoms. The summed E-state index contributed by atoms with van der Waals surface area (Å²) in [5.41, 5.74) is 6.36. The number of hydrogen-bond acceptors (Lipinski definition) is 4. The molecule has 0 saturated heterocycles. The highest BCUT2D eigenvalue weighted by atomic mass is 16.3. The van der Waals surface area contributed by atoms with E-state index in [-0.39, 0.29) is 11.5 Å². The van der Waals surface area contributed by atoms with Crippen molar-refractivity contribution >= 4 is 0 Å². The molecule has 4 heteroatoms. The van der Waals surface area contributed by atoms with Crippen molar-refractivity contribution in [2.75, 3.05) is 0 Å². The topological polar surface area (TPSA) is 80.9 Å². The molecule has 0 bridgehead atoms. The molecular weight excluding hydrogens is 400 g/mol. The lowest BCUT2D eigenvalue weighted by Crippen LogP contribution is -1.90. The van der Waals surface area contributed by atoms with E-state index < -0.39 is 0 Å². The molecule has 0 unspecified atom stereocenters. The van der Waals surface area contributed by atoms with Gasteiger partial charge in [0.25, 0.3) is 0 Å². The second-order valence-electron chi connectivity index (χ2n) is 7.93. The maximum absolute atomic E-state index is 9.46. The van der Waals surface area contributed by atoms with Crippen LogP contribution in [0.25, 0.3) is 0 Å². The molecule has 4 N–H and O–H groups in total. The summed E-state index contributed by atoms with van der Waals surface area (Å²) in [5, 5.41) is 37.2. The predicted octanol–water partition coefficient (Wildman–Crippen LogP) is 5.99. The van der Waals surface area contributed by atoms with Crippen molar-refractivity contribution in [1.82, 2.24) is 0 Å². The zero-order valence-corrected chi connectivity index (χ0v) is 18.3. The largest absolute Gasteiger partial charge is 0.508 e. The number of phenols is 4. The second kappa shape index (κ2) is 10.4. The average molecular weight is 429 g/mol. The maximum Gasteiger partial charge on any atom is 0.118 e. The summed E-state index contributed by atoms with van der Waals surface area (Å²) >= 11 is 0. The minimum absolute atomic E-state index is 0.282. The summed E-state index contributed by atoms with van der Waals surface area (Å²) in [4.78, 5) is 0. The minimum Gasteiger partial charge on any atom is -0.508 e. The van der Waals surface area contributed by atoms with E-state index in [1.54, 1.807) is 36.4 Å². The molecule has 4 rings (SSSR count). The molecule has 32 heavy (non-hydrogen) atoms. The van der Waals surface area contributed by atoms with E-state index in [1.807, 2.05) is 62.4 Å². The van der Waals surface area contributed by atoms with Crippen molar-refractivity contribution in [2.45, 2.75) is 26.7 Å². The van der Waals surface area contributed by atoms with Gasteiger partial charge in [0.05, 0.1) is 0 Å². The average Bonchev–Trinajstić information content (AvgIpc) is 2.77. The summed E-state index contributed by atoms with van der Waals surface area (Å²) in [7, 11) is 0. The minimum atomic E-state index is 0.282. The molecule has 4 nitrogen and oxygen atoms in total. The number of rotatable bonds is 4. The van der Waals surface area contributed by atoms with Crippen molar-refractivity contribution in [1.29, 1.82) is 0 Å². The van der Waals surface area contributed by atoms with Crippen molar-refractivity contribution in [2.24, 2.45) is 0 Å². The Morgan fingerprint density at radius 3 is 1.09 bits per heavy atom. The molecule has 0 aliphatic rings. The van der Waals surface area contributed by atoms with Crippen LogP contribution in [-0.4, -0.2) is 20.4 Å². The SMILES string of the molecule is Cc1cc(Cc2ccc(O)c(C)c2)ccc1O.Oc1ccc(Cc2ccc(O)cc2)cc1. The molecule has 0 fully saturated rings. The zero-order chi connectivity index (χ0) is 23.1. The monoisotopic (exact) mass is 428 g/mol. The van der Waals surface area contributed by atoms with Gasteiger partial charge in [-0.2, -0.15) is 0 Å². The normalized spacial score (nSPS) is 10.3. The van der Waals surface area contributed by atoms with Crippen LogP contribution in [0, 0.1) is 13.8 Å². The molecule has 0 amide bonds. The van der Waals surface area contributed by atoms with Gasteiger partial charge < -0.3 is 20.4 Å². The van der Waals surface area contributed by atoms with E-state index >= 15 is 0 Å². The lowest BCUT2D eigenvalue weighted by Gasteiger charge is -2.06. The second-order valence-corrected chi connectivity index (χ2v) is 7.93. The quantitative estimate of drug-likeness (QED) is 0.322. The molecule has 0 heterocycles. The summed E-state index contributed by atoms with van der Waals surface area (Å²) in [5.74, 6) is 1.22. The van der Waals surface area contributed by atoms with Gasteiger partial charge in [0, 0.05) is 0 Å². The lowest BCUT2D eigenvalue weighted by molar-refractivity contribution is 0.470. The Labute approximate surface area is 188 Å². The van der Waals surface area contributed by atoms with Crippen molar-refractivity contribution in [3.8, 4) is 23.0 Å². The van der Waals surface area contributed by atoms with Crippen LogP contribution < -0.4 is 0 Å². The first kappa shape index (κ1) is 22.8. The molecular formula is C28H28O4. The third-order valence-electron chi connectivity index (χ3n) is 5.21. The molecule has 0 aliphatic heterocycles. The van der Waals surface area contributed by atoms with Crippen LogP contribution >= 0.6 is 0 Å². The molecule has 4 aromatic rings. The van der Waals surface area contributed by atoms with E-state index in [0.717, 1.165) is 46.2 Å². The Bertz CT molecular complexity index is 1070. The fourth-order valence-electron chi connectivity index (χ4n) is 3.35. The zero-order valence-electron chi connectivity index (χ0n) is 18.3. The third-order valence-corrected chi connectivity index (χ3v) is 5.21. The number of aromatic hydroxyl groups is 4. The highest BCUT2D eigenvalue weighted by molar-refractivity contribution is 5.40. The first-order chi connectivity index (χ1) is 15.3. The Morgan fingerprint density at radius 1 is 0.438 bits per heavy atom. The van der Waals surface area contributed by atoms with Gasteiger partial charge in [-0.15, -0.1) is 0 Å². The summed E-state index contributed by atoms with van der Waals surface area (Å²) in [6.45, 7) is 3.78. The fourth-order valence-corrected chi connectivity index (χ4v) is 3.35. The van der Waals surface area contributed by atoms with Gasteiger partial charge >= 0.3 is 0 Å². The molecule has 4 aromatic carbocycles. The van der Waals surface area contributed by atoms with Gasteiger partial charge in [0.1, 0.15) is 23.0 Å². The summed E-state index contributed by atoms with van der Waals surface area (Å²) in [6, 6.07) is 25.5. The van der Waals surface area contributed by atoms with Gasteiger partial charge in [0.15, 0.2) is 0 Å². The molecule has 0 radical (unpaired) electrons. The summed E-state index contributed by atoms with van der Waals surface area (Å²) in [6.07, 6.45) is 1.61. The molecule has 0 atom stereocenters. The van der Waals surface area contributed by atoms with Crippen LogP contribution in [0.2, 0.25) is 0 Å². The highest BCUT2D eigenvalue weighted by Crippen LogP contribution is 2.22. The first-order valence-electron chi connectivity index (χ1n) is 10.4. The third kappa shape index (κ3) is 6.54. The van der Waals surface area contributed by atoms with E-state index in [0.29, 0.717) is 11.5 Å². The van der Waals surface area contributed by atoms with Gasteiger partial charge in [-0.25, -0.2) is 0 Å². The molecule has 0 saturated carbocycles. The van der Waals surface area contributed by atoms with Crippen molar-refractivity contribution in [3.05, 3.63) is 118 Å². The first-order valence-corrected chi connectivity index (χ1v) is 10.4. The molecule has 0 aliphatic carbocycles. The van der Waals surface area contributed by atoms with Gasteiger partial charge in [-0.3, -0.25) is 0 Å².